The molecular weight excluding hydrogens is 316 g/mol. The predicted molar refractivity (Wildman–Crippen MR) is 101 cm³/mol. The highest BCUT2D eigenvalue weighted by molar-refractivity contribution is 5.79. The van der Waals surface area contributed by atoms with Gasteiger partial charge in [-0.1, -0.05) is 0 Å². The molecule has 25 heavy (non-hydrogen) atoms. The minimum atomic E-state index is 0.309. The van der Waals surface area contributed by atoms with Crippen LogP contribution in [-0.4, -0.2) is 75.4 Å². The molecule has 3 rings (SSSR count). The summed E-state index contributed by atoms with van der Waals surface area (Å²) in [4.78, 5) is 13.5. The van der Waals surface area contributed by atoms with E-state index < -0.39 is 0 Å². The first kappa shape index (κ1) is 17.9. The molecule has 2 N–H and O–H groups in total. The number of piperazine rings is 1. The summed E-state index contributed by atoms with van der Waals surface area (Å²) in [6.07, 6.45) is 4.49. The first-order valence-electron chi connectivity index (χ1n) is 9.19. The molecule has 2 saturated heterocycles. The fourth-order valence-corrected chi connectivity index (χ4v) is 3.20. The lowest BCUT2D eigenvalue weighted by atomic mass is 10.2. The van der Waals surface area contributed by atoms with Crippen molar-refractivity contribution in [1.82, 2.24) is 20.5 Å². The Morgan fingerprint density at radius 3 is 2.88 bits per heavy atom. The Hall–Kier alpha value is -1.86. The van der Waals surface area contributed by atoms with Crippen LogP contribution < -0.4 is 15.5 Å². The Bertz CT molecular complexity index is 564. The number of aliphatic imine (C=N–C) groups is 1. The number of guanidine groups is 1. The Balaban J connectivity index is 1.49. The summed E-state index contributed by atoms with van der Waals surface area (Å²) in [5.74, 6) is 1.88. The average Bonchev–Trinajstić information content (AvgIpc) is 3.16. The molecule has 3 heterocycles. The molecule has 1 aromatic heterocycles. The van der Waals surface area contributed by atoms with Crippen LogP contribution in [0.15, 0.2) is 23.3 Å². The van der Waals surface area contributed by atoms with E-state index in [9.17, 15) is 0 Å². The smallest absolute Gasteiger partial charge is 0.191 e. The van der Waals surface area contributed by atoms with Crippen molar-refractivity contribution < 1.29 is 4.74 Å². The van der Waals surface area contributed by atoms with Crippen molar-refractivity contribution in [3.8, 4) is 0 Å². The topological polar surface area (TPSA) is 65.0 Å². The van der Waals surface area contributed by atoms with E-state index >= 15 is 0 Å². The molecule has 2 fully saturated rings. The van der Waals surface area contributed by atoms with Crippen molar-refractivity contribution in [3.05, 3.63) is 23.9 Å². The maximum absolute atomic E-state index is 5.64. The third-order valence-corrected chi connectivity index (χ3v) is 4.84. The van der Waals surface area contributed by atoms with Gasteiger partial charge in [0, 0.05) is 59.1 Å². The molecule has 0 radical (unpaired) electrons. The largest absolute Gasteiger partial charge is 0.376 e. The quantitative estimate of drug-likeness (QED) is 0.604. The Kier molecular flexibility index (Phi) is 6.47. The lowest BCUT2D eigenvalue weighted by molar-refractivity contribution is 0.114. The van der Waals surface area contributed by atoms with Gasteiger partial charge in [-0.15, -0.1) is 0 Å². The number of nitrogens with one attached hydrogen (secondary N) is 2. The van der Waals surface area contributed by atoms with Crippen molar-refractivity contribution in [1.29, 1.82) is 0 Å². The Morgan fingerprint density at radius 1 is 1.32 bits per heavy atom. The van der Waals surface area contributed by atoms with E-state index in [1.165, 1.54) is 5.56 Å². The van der Waals surface area contributed by atoms with Crippen molar-refractivity contribution in [2.24, 2.45) is 4.99 Å². The second-order valence-electron chi connectivity index (χ2n) is 6.75. The summed E-state index contributed by atoms with van der Waals surface area (Å²) < 4.78 is 5.64. The van der Waals surface area contributed by atoms with E-state index in [1.807, 2.05) is 6.20 Å². The van der Waals surface area contributed by atoms with E-state index in [0.29, 0.717) is 6.10 Å². The Labute approximate surface area is 150 Å². The highest BCUT2D eigenvalue weighted by atomic mass is 16.5. The molecular formula is C18H30N6O. The molecule has 0 bridgehead atoms. The molecule has 1 unspecified atom stereocenters. The number of likely N-dealkylation sites (N-methyl/N-ethyl adjacent to an activating group) is 1. The molecule has 0 aliphatic carbocycles. The highest BCUT2D eigenvalue weighted by Gasteiger charge is 2.16. The van der Waals surface area contributed by atoms with Gasteiger partial charge in [-0.3, -0.25) is 4.99 Å². The zero-order chi connectivity index (χ0) is 17.5. The summed E-state index contributed by atoms with van der Waals surface area (Å²) in [6, 6.07) is 4.23. The van der Waals surface area contributed by atoms with Crippen LogP contribution >= 0.6 is 0 Å². The van der Waals surface area contributed by atoms with Crippen molar-refractivity contribution in [2.45, 2.75) is 25.5 Å². The average molecular weight is 346 g/mol. The minimum absolute atomic E-state index is 0.309. The van der Waals surface area contributed by atoms with Crippen LogP contribution in [0, 0.1) is 0 Å². The van der Waals surface area contributed by atoms with E-state index in [4.69, 9.17) is 4.74 Å². The van der Waals surface area contributed by atoms with E-state index in [0.717, 1.165) is 70.5 Å². The fourth-order valence-electron chi connectivity index (χ4n) is 3.20. The summed E-state index contributed by atoms with van der Waals surface area (Å²) in [5.41, 5.74) is 1.21. The first-order chi connectivity index (χ1) is 12.2. The van der Waals surface area contributed by atoms with Gasteiger partial charge < -0.3 is 25.2 Å². The third-order valence-electron chi connectivity index (χ3n) is 4.84. The number of hydrogen-bond acceptors (Lipinski definition) is 5. The minimum Gasteiger partial charge on any atom is -0.376 e. The van der Waals surface area contributed by atoms with Crippen molar-refractivity contribution >= 4 is 11.8 Å². The molecule has 2 aliphatic rings. The van der Waals surface area contributed by atoms with Gasteiger partial charge in [-0.25, -0.2) is 4.98 Å². The van der Waals surface area contributed by atoms with Crippen LogP contribution in [0.5, 0.6) is 0 Å². The lowest BCUT2D eigenvalue weighted by Crippen LogP contribution is -2.44. The summed E-state index contributed by atoms with van der Waals surface area (Å²) in [6.45, 7) is 6.66. The number of hydrogen-bond donors (Lipinski definition) is 2. The normalized spacial score (nSPS) is 22.2. The van der Waals surface area contributed by atoms with E-state index in [2.05, 4.69) is 49.6 Å². The maximum atomic E-state index is 5.64. The Morgan fingerprint density at radius 2 is 2.16 bits per heavy atom. The van der Waals surface area contributed by atoms with Crippen LogP contribution in [0.4, 0.5) is 5.82 Å². The zero-order valence-electron chi connectivity index (χ0n) is 15.4. The number of nitrogens with zero attached hydrogens (tertiary/aromatic N) is 4. The number of rotatable bonds is 5. The van der Waals surface area contributed by atoms with Gasteiger partial charge in [-0.2, -0.15) is 0 Å². The van der Waals surface area contributed by atoms with E-state index in [1.54, 1.807) is 7.05 Å². The molecule has 7 heteroatoms. The van der Waals surface area contributed by atoms with Crippen LogP contribution in [0.1, 0.15) is 18.4 Å². The predicted octanol–water partition coefficient (Wildman–Crippen LogP) is 0.677. The van der Waals surface area contributed by atoms with Crippen LogP contribution in [0.25, 0.3) is 0 Å². The monoisotopic (exact) mass is 346 g/mol. The van der Waals surface area contributed by atoms with Gasteiger partial charge in [0.1, 0.15) is 5.82 Å². The molecule has 0 saturated carbocycles. The maximum Gasteiger partial charge on any atom is 0.191 e. The molecule has 0 aromatic carbocycles. The summed E-state index contributed by atoms with van der Waals surface area (Å²) in [7, 11) is 3.97. The zero-order valence-corrected chi connectivity index (χ0v) is 15.4. The van der Waals surface area contributed by atoms with Crippen LogP contribution in [0.2, 0.25) is 0 Å². The van der Waals surface area contributed by atoms with E-state index in [-0.39, 0.29) is 0 Å². The molecule has 1 aromatic rings. The molecule has 1 atom stereocenters. The van der Waals surface area contributed by atoms with Crippen LogP contribution in [-0.2, 0) is 11.3 Å². The number of aromatic nitrogens is 1. The van der Waals surface area contributed by atoms with Gasteiger partial charge in [0.25, 0.3) is 0 Å². The van der Waals surface area contributed by atoms with Crippen LogP contribution in [0.3, 0.4) is 0 Å². The molecule has 138 valence electrons. The van der Waals surface area contributed by atoms with Gasteiger partial charge in [0.05, 0.1) is 6.10 Å². The van der Waals surface area contributed by atoms with Gasteiger partial charge >= 0.3 is 0 Å². The number of anilines is 1. The molecule has 0 amide bonds. The standard InChI is InChI=1S/C18H30N6O/c1-19-18(22-14-16-4-3-11-25-16)21-13-15-5-6-20-17(12-15)24-9-7-23(2)8-10-24/h5-6,12,16H,3-4,7-11,13-14H2,1-2H3,(H2,19,21,22). The summed E-state index contributed by atoms with van der Waals surface area (Å²) >= 11 is 0. The number of pyridine rings is 1. The van der Waals surface area contributed by atoms with Crippen molar-refractivity contribution in [2.75, 3.05) is 58.3 Å². The second kappa shape index (κ2) is 9.01. The fraction of sp³-hybridized carbons (Fsp3) is 0.667. The molecule has 7 nitrogen and oxygen atoms in total. The second-order valence-corrected chi connectivity index (χ2v) is 6.75. The first-order valence-corrected chi connectivity index (χ1v) is 9.19. The van der Waals surface area contributed by atoms with Crippen molar-refractivity contribution in [3.63, 3.8) is 0 Å². The third kappa shape index (κ3) is 5.31. The van der Waals surface area contributed by atoms with Gasteiger partial charge in [0.15, 0.2) is 5.96 Å². The molecule has 2 aliphatic heterocycles. The highest BCUT2D eigenvalue weighted by Crippen LogP contribution is 2.14. The van der Waals surface area contributed by atoms with Gasteiger partial charge in [0.2, 0.25) is 0 Å². The molecule has 0 spiro atoms. The number of ether oxygens (including phenoxy) is 1. The SMILES string of the molecule is CN=C(NCc1ccnc(N2CCN(C)CC2)c1)NCC1CCCO1. The van der Waals surface area contributed by atoms with Gasteiger partial charge in [-0.05, 0) is 37.6 Å². The summed E-state index contributed by atoms with van der Waals surface area (Å²) in [5, 5.41) is 6.72. The lowest BCUT2D eigenvalue weighted by Gasteiger charge is -2.33.